The first kappa shape index (κ1) is 13.5. The Morgan fingerprint density at radius 2 is 2.28 bits per heavy atom. The van der Waals surface area contributed by atoms with Gasteiger partial charge < -0.3 is 10.5 Å². The number of rotatable bonds is 3. The highest BCUT2D eigenvalue weighted by atomic mass is 16.6. The number of carbonyl (C=O) groups is 1. The zero-order valence-corrected chi connectivity index (χ0v) is 9.80. The second-order valence-electron chi connectivity index (χ2n) is 3.31. The lowest BCUT2D eigenvalue weighted by Gasteiger charge is -1.97. The number of hydrogen-bond acceptors (Lipinski definition) is 5. The molecule has 6 nitrogen and oxygen atoms in total. The van der Waals surface area contributed by atoms with Crippen molar-refractivity contribution >= 4 is 17.3 Å². The molecule has 94 valence electrons. The van der Waals surface area contributed by atoms with E-state index < -0.39 is 10.9 Å². The van der Waals surface area contributed by atoms with E-state index in [0.717, 1.165) is 0 Å². The quantitative estimate of drug-likeness (QED) is 0.287. The minimum atomic E-state index is -0.578. The van der Waals surface area contributed by atoms with Gasteiger partial charge in [0.05, 0.1) is 11.5 Å². The molecule has 0 bridgehead atoms. The number of esters is 1. The molecule has 1 rings (SSSR count). The number of hydrogen-bond donors (Lipinski definition) is 1. The van der Waals surface area contributed by atoms with Crippen LogP contribution in [0.25, 0.3) is 0 Å². The Balaban J connectivity index is 2.80. The fourth-order valence-electron chi connectivity index (χ4n) is 1.21. The van der Waals surface area contributed by atoms with Gasteiger partial charge in [0.1, 0.15) is 12.1 Å². The zero-order valence-electron chi connectivity index (χ0n) is 9.80. The van der Waals surface area contributed by atoms with Crippen LogP contribution >= 0.6 is 0 Å². The summed E-state index contributed by atoms with van der Waals surface area (Å²) in [7, 11) is 0. The van der Waals surface area contributed by atoms with Gasteiger partial charge in [-0.3, -0.25) is 14.9 Å². The minimum absolute atomic E-state index is 0.0496. The number of nitrogens with two attached hydrogens (primary N) is 1. The molecule has 0 spiro atoms. The van der Waals surface area contributed by atoms with Crippen LogP contribution in [-0.4, -0.2) is 17.5 Å². The van der Waals surface area contributed by atoms with Gasteiger partial charge in [0, 0.05) is 11.6 Å². The van der Waals surface area contributed by atoms with Crippen LogP contribution in [0.5, 0.6) is 0 Å². The van der Waals surface area contributed by atoms with Gasteiger partial charge in [0.2, 0.25) is 0 Å². The lowest BCUT2D eigenvalue weighted by Crippen LogP contribution is -2.01. The zero-order chi connectivity index (χ0) is 13.5. The van der Waals surface area contributed by atoms with E-state index in [1.165, 1.54) is 12.1 Å². The van der Waals surface area contributed by atoms with Gasteiger partial charge in [0.15, 0.2) is 0 Å². The van der Waals surface area contributed by atoms with Crippen molar-refractivity contribution < 1.29 is 14.5 Å². The van der Waals surface area contributed by atoms with Gasteiger partial charge in [-0.1, -0.05) is 11.8 Å². The number of benzene rings is 1. The van der Waals surface area contributed by atoms with Crippen LogP contribution in [0.4, 0.5) is 11.4 Å². The summed E-state index contributed by atoms with van der Waals surface area (Å²) >= 11 is 0. The standard InChI is InChI=1S/C12H12N2O4/c1-2-18-12(15)5-3-4-9-6-7-10(13)11(8-9)14(16)17/h6-8H,2,5,13H2,1H3. The third-order valence-corrected chi connectivity index (χ3v) is 2.00. The van der Waals surface area contributed by atoms with E-state index in [1.807, 2.05) is 0 Å². The predicted molar refractivity (Wildman–Crippen MR) is 65.6 cm³/mol. The third kappa shape index (κ3) is 3.79. The molecule has 0 fully saturated rings. The molecule has 0 radical (unpaired) electrons. The van der Waals surface area contributed by atoms with Crippen molar-refractivity contribution in [1.29, 1.82) is 0 Å². The van der Waals surface area contributed by atoms with Crippen molar-refractivity contribution in [2.45, 2.75) is 13.3 Å². The van der Waals surface area contributed by atoms with Crippen molar-refractivity contribution in [2.75, 3.05) is 12.3 Å². The second kappa shape index (κ2) is 6.25. The Hall–Kier alpha value is -2.55. The molecule has 0 aliphatic rings. The smallest absolute Gasteiger partial charge is 0.317 e. The maximum Gasteiger partial charge on any atom is 0.317 e. The minimum Gasteiger partial charge on any atom is -0.465 e. The van der Waals surface area contributed by atoms with Crippen molar-refractivity contribution in [3.8, 4) is 11.8 Å². The summed E-state index contributed by atoms with van der Waals surface area (Å²) < 4.78 is 4.69. The molecular weight excluding hydrogens is 236 g/mol. The Kier molecular flexibility index (Phi) is 4.69. The van der Waals surface area contributed by atoms with E-state index in [2.05, 4.69) is 11.8 Å². The van der Waals surface area contributed by atoms with Crippen LogP contribution in [0.3, 0.4) is 0 Å². The molecule has 0 saturated heterocycles. The lowest BCUT2D eigenvalue weighted by molar-refractivity contribution is -0.383. The molecule has 0 saturated carbocycles. The van der Waals surface area contributed by atoms with E-state index in [4.69, 9.17) is 10.5 Å². The Bertz CT molecular complexity index is 529. The van der Waals surface area contributed by atoms with Crippen LogP contribution in [0, 0.1) is 22.0 Å². The second-order valence-corrected chi connectivity index (χ2v) is 3.31. The van der Waals surface area contributed by atoms with Crippen LogP contribution in [0.15, 0.2) is 18.2 Å². The summed E-state index contributed by atoms with van der Waals surface area (Å²) in [6.07, 6.45) is -0.0496. The highest BCUT2D eigenvalue weighted by Gasteiger charge is 2.10. The predicted octanol–water partition coefficient (Wildman–Crippen LogP) is 1.48. The molecule has 1 aromatic rings. The average molecular weight is 248 g/mol. The van der Waals surface area contributed by atoms with Crippen LogP contribution in [0.2, 0.25) is 0 Å². The van der Waals surface area contributed by atoms with Gasteiger partial charge in [-0.25, -0.2) is 0 Å². The molecule has 0 aliphatic heterocycles. The first-order valence-electron chi connectivity index (χ1n) is 5.23. The molecule has 18 heavy (non-hydrogen) atoms. The van der Waals surface area contributed by atoms with Crippen LogP contribution in [-0.2, 0) is 9.53 Å². The summed E-state index contributed by atoms with van der Waals surface area (Å²) in [5.74, 6) is 4.81. The number of ether oxygens (including phenoxy) is 1. The SMILES string of the molecule is CCOC(=O)CC#Cc1ccc(N)c([N+](=O)[O-])c1. The summed E-state index contributed by atoms with van der Waals surface area (Å²) in [5, 5.41) is 10.6. The molecule has 2 N–H and O–H groups in total. The molecule has 0 aliphatic carbocycles. The van der Waals surface area contributed by atoms with Crippen molar-refractivity contribution in [3.05, 3.63) is 33.9 Å². The molecule has 0 amide bonds. The Morgan fingerprint density at radius 1 is 1.56 bits per heavy atom. The van der Waals surface area contributed by atoms with Gasteiger partial charge in [0.25, 0.3) is 5.69 Å². The number of anilines is 1. The van der Waals surface area contributed by atoms with Gasteiger partial charge >= 0.3 is 5.97 Å². The molecule has 0 aromatic heterocycles. The molecular formula is C12H12N2O4. The van der Waals surface area contributed by atoms with E-state index in [1.54, 1.807) is 13.0 Å². The molecule has 0 heterocycles. The highest BCUT2D eigenvalue weighted by molar-refractivity contribution is 5.72. The summed E-state index contributed by atoms with van der Waals surface area (Å²) in [5.41, 5.74) is 5.76. The number of nitrogens with zero attached hydrogens (tertiary/aromatic N) is 1. The highest BCUT2D eigenvalue weighted by Crippen LogP contribution is 2.21. The van der Waals surface area contributed by atoms with Crippen molar-refractivity contribution in [3.63, 3.8) is 0 Å². The largest absolute Gasteiger partial charge is 0.465 e. The molecule has 0 atom stereocenters. The molecule has 0 unspecified atom stereocenters. The Morgan fingerprint density at radius 3 is 2.89 bits per heavy atom. The number of carbonyl (C=O) groups excluding carboxylic acids is 1. The number of nitrogen functional groups attached to an aromatic ring is 1. The fraction of sp³-hybridized carbons (Fsp3) is 0.250. The average Bonchev–Trinajstić information content (AvgIpc) is 2.31. The van der Waals surface area contributed by atoms with Gasteiger partial charge in [-0.15, -0.1) is 0 Å². The monoisotopic (exact) mass is 248 g/mol. The molecule has 1 aromatic carbocycles. The maximum atomic E-state index is 11.0. The van der Waals surface area contributed by atoms with Gasteiger partial charge in [-0.2, -0.15) is 0 Å². The number of nitro groups is 1. The first-order valence-corrected chi connectivity index (χ1v) is 5.23. The van der Waals surface area contributed by atoms with E-state index >= 15 is 0 Å². The number of nitro benzene ring substituents is 1. The van der Waals surface area contributed by atoms with Crippen LogP contribution < -0.4 is 5.73 Å². The third-order valence-electron chi connectivity index (χ3n) is 2.00. The molecule has 6 heteroatoms. The van der Waals surface area contributed by atoms with E-state index in [9.17, 15) is 14.9 Å². The van der Waals surface area contributed by atoms with Crippen molar-refractivity contribution in [2.24, 2.45) is 0 Å². The lowest BCUT2D eigenvalue weighted by atomic mass is 10.2. The maximum absolute atomic E-state index is 11.0. The van der Waals surface area contributed by atoms with E-state index in [-0.39, 0.29) is 17.8 Å². The van der Waals surface area contributed by atoms with Crippen LogP contribution in [0.1, 0.15) is 18.9 Å². The van der Waals surface area contributed by atoms with E-state index in [0.29, 0.717) is 12.2 Å². The topological polar surface area (TPSA) is 95.5 Å². The Labute approximate surface area is 104 Å². The normalized spacial score (nSPS) is 9.17. The summed E-state index contributed by atoms with van der Waals surface area (Å²) in [4.78, 5) is 21.1. The van der Waals surface area contributed by atoms with Crippen molar-refractivity contribution in [1.82, 2.24) is 0 Å². The fourth-order valence-corrected chi connectivity index (χ4v) is 1.21. The first-order chi connectivity index (χ1) is 8.54. The summed E-state index contributed by atoms with van der Waals surface area (Å²) in [6.45, 7) is 2.00. The summed E-state index contributed by atoms with van der Waals surface area (Å²) in [6, 6.07) is 4.24. The van der Waals surface area contributed by atoms with Gasteiger partial charge in [-0.05, 0) is 19.1 Å².